The van der Waals surface area contributed by atoms with E-state index in [1.54, 1.807) is 6.07 Å². The smallest absolute Gasteiger partial charge is 0.265 e. The molecule has 30 heavy (non-hydrogen) atoms. The second-order valence-corrected chi connectivity index (χ2v) is 10.4. The average Bonchev–Trinajstić information content (AvgIpc) is 2.87. The summed E-state index contributed by atoms with van der Waals surface area (Å²) in [5, 5.41) is 0. The number of amides is 1. The number of ketones is 1. The molecule has 1 aliphatic heterocycles. The normalized spacial score (nSPS) is 18.3. The van der Waals surface area contributed by atoms with Crippen molar-refractivity contribution in [1.82, 2.24) is 0 Å². The van der Waals surface area contributed by atoms with E-state index in [1.165, 1.54) is 51.3 Å². The zero-order valence-electron chi connectivity index (χ0n) is 16.4. The van der Waals surface area contributed by atoms with Crippen LogP contribution in [0.4, 0.5) is 11.4 Å². The van der Waals surface area contributed by atoms with E-state index in [4.69, 9.17) is 4.74 Å². The highest BCUT2D eigenvalue weighted by Gasteiger charge is 2.42. The van der Waals surface area contributed by atoms with E-state index in [1.807, 2.05) is 0 Å². The van der Waals surface area contributed by atoms with Gasteiger partial charge in [-0.3, -0.25) is 14.3 Å². The van der Waals surface area contributed by atoms with Gasteiger partial charge < -0.3 is 4.74 Å². The van der Waals surface area contributed by atoms with Crippen molar-refractivity contribution in [2.24, 2.45) is 5.92 Å². The first-order valence-corrected chi connectivity index (χ1v) is 11.9. The van der Waals surface area contributed by atoms with Gasteiger partial charge in [0.2, 0.25) is 15.9 Å². The molecule has 0 aliphatic carbocycles. The van der Waals surface area contributed by atoms with Crippen molar-refractivity contribution in [3.05, 3.63) is 48.0 Å². The second kappa shape index (κ2) is 7.73. The van der Waals surface area contributed by atoms with Crippen molar-refractivity contribution in [3.8, 4) is 5.75 Å². The minimum atomic E-state index is -4.24. The maximum atomic E-state index is 13.0. The third-order valence-corrected chi connectivity index (χ3v) is 7.82. The molecule has 3 rings (SSSR count). The summed E-state index contributed by atoms with van der Waals surface area (Å²) in [5.74, 6) is -1.99. The van der Waals surface area contributed by atoms with Crippen LogP contribution in [-0.2, 0) is 24.8 Å². The number of benzene rings is 2. The third kappa shape index (κ3) is 4.03. The summed E-state index contributed by atoms with van der Waals surface area (Å²) < 4.78 is 58.8. The van der Waals surface area contributed by atoms with Crippen LogP contribution < -0.4 is 13.8 Å². The summed E-state index contributed by atoms with van der Waals surface area (Å²) in [6.07, 6.45) is 0. The predicted octanol–water partition coefficient (Wildman–Crippen LogP) is 2.01. The Morgan fingerprint density at radius 3 is 2.47 bits per heavy atom. The molecule has 0 bridgehead atoms. The topological polar surface area (TPSA) is 127 Å². The van der Waals surface area contributed by atoms with Gasteiger partial charge in [-0.2, -0.15) is 0 Å². The number of nitrogens with one attached hydrogen (secondary N) is 1. The summed E-state index contributed by atoms with van der Waals surface area (Å²) in [5.41, 5.74) is 0.371. The van der Waals surface area contributed by atoms with Gasteiger partial charge in [-0.1, -0.05) is 19.1 Å². The summed E-state index contributed by atoms with van der Waals surface area (Å²) in [4.78, 5) is 23.6. The molecule has 1 aliphatic rings. The molecule has 11 heteroatoms. The van der Waals surface area contributed by atoms with Gasteiger partial charge in [0.15, 0.2) is 5.78 Å². The lowest BCUT2D eigenvalue weighted by molar-refractivity contribution is -0.119. The van der Waals surface area contributed by atoms with Crippen molar-refractivity contribution in [1.29, 1.82) is 0 Å². The van der Waals surface area contributed by atoms with Crippen LogP contribution in [0.5, 0.6) is 5.75 Å². The van der Waals surface area contributed by atoms with E-state index >= 15 is 0 Å². The van der Waals surface area contributed by atoms with Crippen LogP contribution >= 0.6 is 0 Å². The molecule has 2 aromatic carbocycles. The molecule has 1 amide bonds. The van der Waals surface area contributed by atoms with Crippen LogP contribution in [-0.4, -0.2) is 41.4 Å². The molecule has 1 heterocycles. The molecule has 1 fully saturated rings. The number of nitrogens with zero attached hydrogens (tertiary/aromatic N) is 1. The minimum absolute atomic E-state index is 0.0361. The molecule has 9 nitrogen and oxygen atoms in total. The Bertz CT molecular complexity index is 1240. The molecule has 0 spiro atoms. The van der Waals surface area contributed by atoms with E-state index in [-0.39, 0.29) is 33.6 Å². The molecule has 0 unspecified atom stereocenters. The van der Waals surface area contributed by atoms with Gasteiger partial charge in [0.05, 0.1) is 24.5 Å². The van der Waals surface area contributed by atoms with Crippen molar-refractivity contribution in [2.45, 2.75) is 18.7 Å². The van der Waals surface area contributed by atoms with E-state index in [9.17, 15) is 26.4 Å². The van der Waals surface area contributed by atoms with Gasteiger partial charge in [0.1, 0.15) is 10.6 Å². The monoisotopic (exact) mass is 452 g/mol. The predicted molar refractivity (Wildman–Crippen MR) is 111 cm³/mol. The molecule has 160 valence electrons. The summed E-state index contributed by atoms with van der Waals surface area (Å²) in [6, 6.07) is 9.58. The Labute approximate surface area is 174 Å². The number of methoxy groups -OCH3 is 1. The maximum absolute atomic E-state index is 13.0. The number of hydrogen-bond donors (Lipinski definition) is 1. The van der Waals surface area contributed by atoms with Gasteiger partial charge in [0.25, 0.3) is 10.0 Å². The number of sulfonamides is 2. The molecular weight excluding hydrogens is 432 g/mol. The SMILES string of the molecule is COc1ccc(N2C(=O)[C@@H](C)CS2(=O)=O)cc1S(=O)(=O)Nc1cccc(C(C)=O)c1. The zero-order valence-corrected chi connectivity index (χ0v) is 18.1. The lowest BCUT2D eigenvalue weighted by Crippen LogP contribution is -2.30. The molecule has 0 radical (unpaired) electrons. The lowest BCUT2D eigenvalue weighted by atomic mass is 10.1. The van der Waals surface area contributed by atoms with Crippen molar-refractivity contribution >= 4 is 43.1 Å². The van der Waals surface area contributed by atoms with Crippen molar-refractivity contribution in [2.75, 3.05) is 21.9 Å². The number of Topliss-reactive ketones (excluding diaryl/α,β-unsaturated/α-hetero) is 1. The van der Waals surface area contributed by atoms with Crippen molar-refractivity contribution in [3.63, 3.8) is 0 Å². The van der Waals surface area contributed by atoms with Crippen LogP contribution in [0.25, 0.3) is 0 Å². The highest BCUT2D eigenvalue weighted by atomic mass is 32.2. The Hall–Kier alpha value is -2.92. The molecule has 1 saturated heterocycles. The van der Waals surface area contributed by atoms with E-state index in [0.29, 0.717) is 9.87 Å². The van der Waals surface area contributed by atoms with Crippen LogP contribution in [0.15, 0.2) is 47.4 Å². The number of anilines is 2. The molecule has 1 N–H and O–H groups in total. The third-order valence-electron chi connectivity index (χ3n) is 4.55. The highest BCUT2D eigenvalue weighted by molar-refractivity contribution is 7.94. The molecule has 0 aromatic heterocycles. The molecule has 0 saturated carbocycles. The van der Waals surface area contributed by atoms with E-state index in [2.05, 4.69) is 4.72 Å². The number of rotatable bonds is 6. The standard InChI is InChI=1S/C19H20N2O7S2/c1-12-11-29(24,25)21(19(12)23)16-7-8-17(28-3)18(10-16)30(26,27)20-15-6-4-5-14(9-15)13(2)22/h4-10,12,20H,11H2,1-3H3/t12-/m0/s1. The fourth-order valence-electron chi connectivity index (χ4n) is 3.10. The average molecular weight is 453 g/mol. The number of carbonyl (C=O) groups excluding carboxylic acids is 2. The lowest BCUT2D eigenvalue weighted by Gasteiger charge is -2.18. The van der Waals surface area contributed by atoms with Crippen molar-refractivity contribution < 1.29 is 31.2 Å². The van der Waals surface area contributed by atoms with Crippen LogP contribution in [0, 0.1) is 5.92 Å². The Kier molecular flexibility index (Phi) is 5.61. The van der Waals surface area contributed by atoms with Gasteiger partial charge in [-0.05, 0) is 37.3 Å². The maximum Gasteiger partial charge on any atom is 0.265 e. The molecule has 1 atom stereocenters. The van der Waals surface area contributed by atoms with E-state index < -0.39 is 31.9 Å². The number of ether oxygens (including phenoxy) is 1. The Balaban J connectivity index is 2.06. The summed E-state index contributed by atoms with van der Waals surface area (Å²) in [7, 11) is -6.87. The van der Waals surface area contributed by atoms with Crippen LogP contribution in [0.1, 0.15) is 24.2 Å². The Morgan fingerprint density at radius 2 is 1.90 bits per heavy atom. The highest BCUT2D eigenvalue weighted by Crippen LogP contribution is 2.34. The quantitative estimate of drug-likeness (QED) is 0.664. The van der Waals surface area contributed by atoms with Crippen LogP contribution in [0.2, 0.25) is 0 Å². The van der Waals surface area contributed by atoms with Gasteiger partial charge in [0, 0.05) is 11.3 Å². The fraction of sp³-hybridized carbons (Fsp3) is 0.263. The summed E-state index contributed by atoms with van der Waals surface area (Å²) in [6.45, 7) is 2.85. The fourth-order valence-corrected chi connectivity index (χ4v) is 6.15. The minimum Gasteiger partial charge on any atom is -0.495 e. The molecular formula is C19H20N2O7S2. The first-order chi connectivity index (χ1) is 14.0. The number of hydrogen-bond acceptors (Lipinski definition) is 7. The first kappa shape index (κ1) is 21.8. The van der Waals surface area contributed by atoms with Gasteiger partial charge >= 0.3 is 0 Å². The first-order valence-electron chi connectivity index (χ1n) is 8.85. The second-order valence-electron chi connectivity index (χ2n) is 6.86. The summed E-state index contributed by atoms with van der Waals surface area (Å²) >= 11 is 0. The van der Waals surface area contributed by atoms with Crippen LogP contribution in [0.3, 0.4) is 0 Å². The Morgan fingerprint density at radius 1 is 1.20 bits per heavy atom. The molecule has 2 aromatic rings. The largest absolute Gasteiger partial charge is 0.495 e. The number of carbonyl (C=O) groups is 2. The zero-order chi connectivity index (χ0) is 22.3. The van der Waals surface area contributed by atoms with Gasteiger partial charge in [-0.15, -0.1) is 0 Å². The van der Waals surface area contributed by atoms with Gasteiger partial charge in [-0.25, -0.2) is 21.1 Å². The van der Waals surface area contributed by atoms with E-state index in [0.717, 1.165) is 6.07 Å².